The van der Waals surface area contributed by atoms with Crippen LogP contribution >= 0.6 is 11.6 Å². The second kappa shape index (κ2) is 5.93. The molecule has 0 saturated carbocycles. The number of nitrogens with zero attached hydrogens (tertiary/aromatic N) is 1. The number of aromatic nitrogens is 1. The number of hydrogen-bond donors (Lipinski definition) is 1. The summed E-state index contributed by atoms with van der Waals surface area (Å²) in [4.78, 5) is 24.8. The molecule has 1 N–H and O–H groups in total. The molecule has 0 fully saturated rings. The van der Waals surface area contributed by atoms with Gasteiger partial charge in [0.15, 0.2) is 0 Å². The van der Waals surface area contributed by atoms with Gasteiger partial charge in [0.2, 0.25) is 0 Å². The largest absolute Gasteiger partial charge is 0.460 e. The Morgan fingerprint density at radius 3 is 2.87 bits per heavy atom. The van der Waals surface area contributed by atoms with Gasteiger partial charge < -0.3 is 14.3 Å². The third kappa shape index (κ3) is 2.87. The monoisotopic (exact) mass is 330 g/mol. The van der Waals surface area contributed by atoms with Gasteiger partial charge in [-0.05, 0) is 30.7 Å². The number of nitrogens with one attached hydrogen (secondary N) is 1. The number of furan rings is 1. The molecule has 6 heteroatoms. The van der Waals surface area contributed by atoms with E-state index in [4.69, 9.17) is 16.0 Å². The topological polar surface area (TPSA) is 64.2 Å². The maximum atomic E-state index is 12.5. The Morgan fingerprint density at radius 1 is 1.35 bits per heavy atom. The summed E-state index contributed by atoms with van der Waals surface area (Å²) < 4.78 is 6.95. The summed E-state index contributed by atoms with van der Waals surface area (Å²) in [5.74, 6) is 0.0800. The molecule has 0 saturated heterocycles. The summed E-state index contributed by atoms with van der Waals surface area (Å²) in [6.07, 6.45) is 1.61. The molecule has 0 aliphatic heterocycles. The SMILES string of the molecule is Cc1oc2ccn(C)c(=O)c2c1C(=O)NCc1cccc(Cl)c1. The zero-order valence-electron chi connectivity index (χ0n) is 12.7. The first-order valence-electron chi connectivity index (χ1n) is 7.08. The van der Waals surface area contributed by atoms with Gasteiger partial charge >= 0.3 is 0 Å². The molecule has 118 valence electrons. The number of halogens is 1. The van der Waals surface area contributed by atoms with Crippen LogP contribution < -0.4 is 10.9 Å². The molecular formula is C17H15ClN2O3. The number of rotatable bonds is 3. The number of carbonyl (C=O) groups excluding carboxylic acids is 1. The maximum Gasteiger partial charge on any atom is 0.262 e. The van der Waals surface area contributed by atoms with E-state index >= 15 is 0 Å². The van der Waals surface area contributed by atoms with Gasteiger partial charge in [-0.15, -0.1) is 0 Å². The standard InChI is InChI=1S/C17H15ClN2O3/c1-10-14(15-13(23-10)6-7-20(2)17(15)22)16(21)19-9-11-4-3-5-12(18)8-11/h3-8H,9H2,1-2H3,(H,19,21). The van der Waals surface area contributed by atoms with Gasteiger partial charge in [0.05, 0.1) is 10.9 Å². The average Bonchev–Trinajstić information content (AvgIpc) is 2.86. The first-order valence-corrected chi connectivity index (χ1v) is 7.46. The Labute approximate surface area is 137 Å². The number of aryl methyl sites for hydroxylation is 2. The lowest BCUT2D eigenvalue weighted by atomic mass is 10.1. The second-order valence-corrected chi connectivity index (χ2v) is 5.75. The fraction of sp³-hybridized carbons (Fsp3) is 0.176. The Hall–Kier alpha value is -2.53. The van der Waals surface area contributed by atoms with Crippen molar-refractivity contribution < 1.29 is 9.21 Å². The van der Waals surface area contributed by atoms with E-state index in [1.54, 1.807) is 38.4 Å². The minimum absolute atomic E-state index is 0.257. The van der Waals surface area contributed by atoms with Gasteiger partial charge in [-0.3, -0.25) is 9.59 Å². The predicted octanol–water partition coefficient (Wildman–Crippen LogP) is 3.02. The highest BCUT2D eigenvalue weighted by molar-refractivity contribution is 6.30. The van der Waals surface area contributed by atoms with Gasteiger partial charge in [0, 0.05) is 24.8 Å². The van der Waals surface area contributed by atoms with Crippen LogP contribution in [0.25, 0.3) is 11.0 Å². The summed E-state index contributed by atoms with van der Waals surface area (Å²) in [5, 5.41) is 3.71. The number of benzene rings is 1. The van der Waals surface area contributed by atoms with Crippen molar-refractivity contribution in [3.63, 3.8) is 0 Å². The first-order chi connectivity index (χ1) is 11.0. The van der Waals surface area contributed by atoms with Crippen molar-refractivity contribution >= 4 is 28.5 Å². The zero-order valence-corrected chi connectivity index (χ0v) is 13.5. The van der Waals surface area contributed by atoms with Crippen LogP contribution in [0.3, 0.4) is 0 Å². The molecule has 0 unspecified atom stereocenters. The van der Waals surface area contributed by atoms with Crippen molar-refractivity contribution in [3.8, 4) is 0 Å². The van der Waals surface area contributed by atoms with Crippen molar-refractivity contribution in [3.05, 3.63) is 68.8 Å². The Balaban J connectivity index is 1.93. The van der Waals surface area contributed by atoms with E-state index in [2.05, 4.69) is 5.32 Å². The number of fused-ring (bicyclic) bond motifs is 1. The first kappa shape index (κ1) is 15.4. The minimum Gasteiger partial charge on any atom is -0.460 e. The van der Waals surface area contributed by atoms with E-state index in [1.807, 2.05) is 12.1 Å². The zero-order chi connectivity index (χ0) is 16.6. The van der Waals surface area contributed by atoms with Crippen molar-refractivity contribution in [1.82, 2.24) is 9.88 Å². The molecule has 0 aliphatic rings. The fourth-order valence-electron chi connectivity index (χ4n) is 2.51. The van der Waals surface area contributed by atoms with Crippen molar-refractivity contribution in [1.29, 1.82) is 0 Å². The van der Waals surface area contributed by atoms with Crippen LogP contribution in [0.1, 0.15) is 21.7 Å². The van der Waals surface area contributed by atoms with Crippen LogP contribution in [0.5, 0.6) is 0 Å². The highest BCUT2D eigenvalue weighted by atomic mass is 35.5. The summed E-state index contributed by atoms with van der Waals surface area (Å²) >= 11 is 5.93. The number of carbonyl (C=O) groups is 1. The third-order valence-corrected chi connectivity index (χ3v) is 3.90. The van der Waals surface area contributed by atoms with Gasteiger partial charge in [0.1, 0.15) is 11.3 Å². The summed E-state index contributed by atoms with van der Waals surface area (Å²) in [6, 6.07) is 8.91. The Kier molecular flexibility index (Phi) is 3.96. The number of hydrogen-bond acceptors (Lipinski definition) is 3. The lowest BCUT2D eigenvalue weighted by Crippen LogP contribution is -2.25. The van der Waals surface area contributed by atoms with Crippen LogP contribution in [0, 0.1) is 6.92 Å². The maximum absolute atomic E-state index is 12.5. The highest BCUT2D eigenvalue weighted by Gasteiger charge is 2.21. The quantitative estimate of drug-likeness (QED) is 0.803. The molecule has 0 radical (unpaired) electrons. The molecule has 23 heavy (non-hydrogen) atoms. The molecule has 1 amide bonds. The summed E-state index contributed by atoms with van der Waals surface area (Å²) in [5.41, 5.74) is 1.32. The molecule has 5 nitrogen and oxygen atoms in total. The molecule has 0 aliphatic carbocycles. The van der Waals surface area contributed by atoms with Crippen LogP contribution in [-0.2, 0) is 13.6 Å². The summed E-state index contributed by atoms with van der Waals surface area (Å²) in [6.45, 7) is 1.99. The third-order valence-electron chi connectivity index (χ3n) is 3.66. The van der Waals surface area contributed by atoms with Crippen molar-refractivity contribution in [2.45, 2.75) is 13.5 Å². The second-order valence-electron chi connectivity index (χ2n) is 5.32. The molecule has 2 heterocycles. The van der Waals surface area contributed by atoms with Crippen LogP contribution in [0.4, 0.5) is 0 Å². The van der Waals surface area contributed by atoms with Gasteiger partial charge in [-0.2, -0.15) is 0 Å². The smallest absolute Gasteiger partial charge is 0.262 e. The fourth-order valence-corrected chi connectivity index (χ4v) is 2.72. The van der Waals surface area contributed by atoms with E-state index in [0.717, 1.165) is 5.56 Å². The van der Waals surface area contributed by atoms with E-state index in [1.165, 1.54) is 4.57 Å². The molecule has 0 atom stereocenters. The van der Waals surface area contributed by atoms with Crippen molar-refractivity contribution in [2.24, 2.45) is 7.05 Å². The molecule has 3 rings (SSSR count). The average molecular weight is 331 g/mol. The molecule has 2 aromatic heterocycles. The minimum atomic E-state index is -0.343. The normalized spacial score (nSPS) is 10.9. The van der Waals surface area contributed by atoms with Crippen LogP contribution in [0.15, 0.2) is 45.7 Å². The highest BCUT2D eigenvalue weighted by Crippen LogP contribution is 2.22. The van der Waals surface area contributed by atoms with E-state index < -0.39 is 0 Å². The van der Waals surface area contributed by atoms with E-state index in [9.17, 15) is 9.59 Å². The number of amides is 1. The summed E-state index contributed by atoms with van der Waals surface area (Å²) in [7, 11) is 1.64. The van der Waals surface area contributed by atoms with Gasteiger partial charge in [0.25, 0.3) is 11.5 Å². The van der Waals surface area contributed by atoms with Gasteiger partial charge in [-0.25, -0.2) is 0 Å². The molecule has 3 aromatic rings. The number of pyridine rings is 1. The van der Waals surface area contributed by atoms with Crippen LogP contribution in [0.2, 0.25) is 5.02 Å². The lowest BCUT2D eigenvalue weighted by Gasteiger charge is -2.05. The van der Waals surface area contributed by atoms with Gasteiger partial charge in [-0.1, -0.05) is 23.7 Å². The molecule has 0 bridgehead atoms. The Bertz CT molecular complexity index is 956. The Morgan fingerprint density at radius 2 is 2.13 bits per heavy atom. The molecular weight excluding hydrogens is 316 g/mol. The molecule has 1 aromatic carbocycles. The van der Waals surface area contributed by atoms with E-state index in [-0.39, 0.29) is 17.0 Å². The molecule has 0 spiro atoms. The lowest BCUT2D eigenvalue weighted by molar-refractivity contribution is 0.0950. The van der Waals surface area contributed by atoms with E-state index in [0.29, 0.717) is 28.3 Å². The van der Waals surface area contributed by atoms with Crippen molar-refractivity contribution in [2.75, 3.05) is 0 Å². The predicted molar refractivity (Wildman–Crippen MR) is 88.8 cm³/mol. The van der Waals surface area contributed by atoms with Crippen LogP contribution in [-0.4, -0.2) is 10.5 Å².